The summed E-state index contributed by atoms with van der Waals surface area (Å²) in [5.41, 5.74) is 1.05. The van der Waals surface area contributed by atoms with Gasteiger partial charge in [-0.1, -0.05) is 23.2 Å². The highest BCUT2D eigenvalue weighted by Gasteiger charge is 2.28. The summed E-state index contributed by atoms with van der Waals surface area (Å²) in [6.07, 6.45) is 4.05. The number of nitrogens with zero attached hydrogens (tertiary/aromatic N) is 1. The van der Waals surface area contributed by atoms with E-state index in [1.165, 1.54) is 0 Å². The molecule has 2 saturated heterocycles. The Bertz CT molecular complexity index is 510. The zero-order valence-corrected chi connectivity index (χ0v) is 15.4. The molecule has 1 aromatic rings. The highest BCUT2D eigenvalue weighted by Crippen LogP contribution is 2.27. The number of ether oxygens (including phenoxy) is 1. The Morgan fingerprint density at radius 1 is 1.17 bits per heavy atom. The molecule has 0 saturated carbocycles. The lowest BCUT2D eigenvalue weighted by atomic mass is 9.98. The van der Waals surface area contributed by atoms with Crippen LogP contribution in [0.1, 0.15) is 37.3 Å². The molecule has 2 aliphatic rings. The number of rotatable bonds is 6. The van der Waals surface area contributed by atoms with Gasteiger partial charge in [-0.2, -0.15) is 0 Å². The van der Waals surface area contributed by atoms with Gasteiger partial charge in [-0.25, -0.2) is 0 Å². The van der Waals surface area contributed by atoms with Gasteiger partial charge in [0.05, 0.1) is 6.61 Å². The summed E-state index contributed by atoms with van der Waals surface area (Å²) >= 11 is 12.3. The highest BCUT2D eigenvalue weighted by atomic mass is 35.5. The minimum absolute atomic E-state index is 0.0811. The number of aliphatic hydroxyl groups is 1. The largest absolute Gasteiger partial charge is 0.396 e. The van der Waals surface area contributed by atoms with Gasteiger partial charge in [0.1, 0.15) is 0 Å². The van der Waals surface area contributed by atoms with Crippen molar-refractivity contribution in [1.82, 2.24) is 10.2 Å². The molecule has 134 valence electrons. The lowest BCUT2D eigenvalue weighted by Gasteiger charge is -2.37. The van der Waals surface area contributed by atoms with Crippen LogP contribution in [-0.4, -0.2) is 55.0 Å². The fraction of sp³-hybridized carbons (Fsp3) is 0.667. The highest BCUT2D eigenvalue weighted by molar-refractivity contribution is 6.34. The van der Waals surface area contributed by atoms with E-state index in [1.54, 1.807) is 6.07 Å². The van der Waals surface area contributed by atoms with E-state index in [0.717, 1.165) is 51.1 Å². The van der Waals surface area contributed by atoms with Gasteiger partial charge in [0.2, 0.25) is 0 Å². The van der Waals surface area contributed by atoms with E-state index in [1.807, 2.05) is 12.1 Å². The Hall–Kier alpha value is -0.360. The molecular formula is C18H26Cl2N2O2. The van der Waals surface area contributed by atoms with Gasteiger partial charge < -0.3 is 15.2 Å². The molecule has 2 unspecified atom stereocenters. The van der Waals surface area contributed by atoms with Crippen molar-refractivity contribution in [2.75, 3.05) is 32.9 Å². The van der Waals surface area contributed by atoms with Crippen LogP contribution in [0.2, 0.25) is 10.0 Å². The first-order valence-electron chi connectivity index (χ1n) is 8.80. The van der Waals surface area contributed by atoms with Crippen molar-refractivity contribution < 1.29 is 9.84 Å². The number of nitrogens with one attached hydrogen (secondary N) is 1. The molecule has 3 rings (SSSR count). The first-order valence-corrected chi connectivity index (χ1v) is 9.56. The average Bonchev–Trinajstić information content (AvgIpc) is 3.09. The van der Waals surface area contributed by atoms with Crippen molar-refractivity contribution in [3.05, 3.63) is 33.8 Å². The third-order valence-electron chi connectivity index (χ3n) is 5.09. The summed E-state index contributed by atoms with van der Waals surface area (Å²) < 4.78 is 5.50. The number of likely N-dealkylation sites (tertiary alicyclic amines) is 1. The summed E-state index contributed by atoms with van der Waals surface area (Å²) in [4.78, 5) is 2.56. The molecule has 2 N–H and O–H groups in total. The molecule has 24 heavy (non-hydrogen) atoms. The van der Waals surface area contributed by atoms with E-state index in [9.17, 15) is 5.11 Å². The molecule has 6 heteroatoms. The van der Waals surface area contributed by atoms with Crippen molar-refractivity contribution in [2.45, 2.75) is 43.8 Å². The predicted octanol–water partition coefficient (Wildman–Crippen LogP) is 3.26. The summed E-state index contributed by atoms with van der Waals surface area (Å²) in [6, 6.07) is 6.75. The first-order chi connectivity index (χ1) is 11.7. The second-order valence-corrected chi connectivity index (χ2v) is 7.63. The van der Waals surface area contributed by atoms with Gasteiger partial charge in [0.15, 0.2) is 0 Å². The van der Waals surface area contributed by atoms with Crippen molar-refractivity contribution in [3.8, 4) is 0 Å². The molecule has 0 radical (unpaired) electrons. The minimum Gasteiger partial charge on any atom is -0.396 e. The maximum Gasteiger partial charge on any atom is 0.0622 e. The van der Waals surface area contributed by atoms with Crippen LogP contribution in [0.4, 0.5) is 0 Å². The van der Waals surface area contributed by atoms with Crippen LogP contribution in [0.15, 0.2) is 18.2 Å². The van der Waals surface area contributed by atoms with Crippen LogP contribution < -0.4 is 5.32 Å². The Morgan fingerprint density at radius 3 is 2.46 bits per heavy atom. The summed E-state index contributed by atoms with van der Waals surface area (Å²) in [5.74, 6) is 0. The molecule has 0 aromatic heterocycles. The van der Waals surface area contributed by atoms with E-state index >= 15 is 0 Å². The predicted molar refractivity (Wildman–Crippen MR) is 97.9 cm³/mol. The first kappa shape index (κ1) is 18.4. The Balaban J connectivity index is 1.58. The van der Waals surface area contributed by atoms with E-state index in [-0.39, 0.29) is 12.6 Å². The smallest absolute Gasteiger partial charge is 0.0622 e. The number of piperidine rings is 1. The van der Waals surface area contributed by atoms with Crippen LogP contribution in [0.5, 0.6) is 0 Å². The lowest BCUT2D eigenvalue weighted by Crippen LogP contribution is -2.47. The van der Waals surface area contributed by atoms with Crippen LogP contribution in [0.25, 0.3) is 0 Å². The zero-order valence-electron chi connectivity index (χ0n) is 13.9. The number of aliphatic hydroxyl groups excluding tert-OH is 1. The second-order valence-electron chi connectivity index (χ2n) is 6.76. The van der Waals surface area contributed by atoms with E-state index < -0.39 is 0 Å². The fourth-order valence-electron chi connectivity index (χ4n) is 3.78. The number of halogens is 2. The molecule has 2 atom stereocenters. The standard InChI is InChI=1S/C18H26Cl2N2O2/c19-14-9-13(10-15(20)11-14)18(3-7-23)21-16-1-5-22(6-2-16)17-4-8-24-12-17/h9-11,16-18,21,23H,1-8,12H2. The molecule has 2 heterocycles. The Labute approximate surface area is 154 Å². The molecule has 1 aromatic carbocycles. The molecule has 2 fully saturated rings. The van der Waals surface area contributed by atoms with Gasteiger partial charge in [-0.15, -0.1) is 0 Å². The molecule has 0 aliphatic carbocycles. The molecule has 4 nitrogen and oxygen atoms in total. The van der Waals surface area contributed by atoms with E-state index in [4.69, 9.17) is 27.9 Å². The maximum absolute atomic E-state index is 9.42. The Morgan fingerprint density at radius 2 is 1.88 bits per heavy atom. The number of hydrogen-bond acceptors (Lipinski definition) is 4. The monoisotopic (exact) mass is 372 g/mol. The van der Waals surface area contributed by atoms with Crippen molar-refractivity contribution in [3.63, 3.8) is 0 Å². The van der Waals surface area contributed by atoms with E-state index in [0.29, 0.717) is 28.5 Å². The van der Waals surface area contributed by atoms with Crippen LogP contribution >= 0.6 is 23.2 Å². The number of hydrogen-bond donors (Lipinski definition) is 2. The van der Waals surface area contributed by atoms with Crippen molar-refractivity contribution >= 4 is 23.2 Å². The van der Waals surface area contributed by atoms with Gasteiger partial charge in [-0.3, -0.25) is 4.90 Å². The van der Waals surface area contributed by atoms with Crippen molar-refractivity contribution in [1.29, 1.82) is 0 Å². The fourth-order valence-corrected chi connectivity index (χ4v) is 4.32. The van der Waals surface area contributed by atoms with Gasteiger partial charge >= 0.3 is 0 Å². The molecule has 0 bridgehead atoms. The van der Waals surface area contributed by atoms with E-state index in [2.05, 4.69) is 10.2 Å². The average molecular weight is 373 g/mol. The second kappa shape index (κ2) is 8.84. The topological polar surface area (TPSA) is 44.7 Å². The van der Waals surface area contributed by atoms with Gasteiger partial charge in [-0.05, 0) is 49.4 Å². The minimum atomic E-state index is 0.0811. The van der Waals surface area contributed by atoms with Crippen LogP contribution in [0, 0.1) is 0 Å². The van der Waals surface area contributed by atoms with Crippen LogP contribution in [0.3, 0.4) is 0 Å². The third-order valence-corrected chi connectivity index (χ3v) is 5.53. The van der Waals surface area contributed by atoms with Crippen molar-refractivity contribution in [2.24, 2.45) is 0 Å². The quantitative estimate of drug-likeness (QED) is 0.804. The summed E-state index contributed by atoms with van der Waals surface area (Å²) in [6.45, 7) is 4.13. The zero-order chi connectivity index (χ0) is 16.9. The van der Waals surface area contributed by atoms with Gasteiger partial charge in [0.25, 0.3) is 0 Å². The Kier molecular flexibility index (Phi) is 6.79. The normalized spacial score (nSPS) is 24.4. The SMILES string of the molecule is OCCC(NC1CCN(C2CCOC2)CC1)c1cc(Cl)cc(Cl)c1. The molecule has 0 amide bonds. The number of benzene rings is 1. The van der Waals surface area contributed by atoms with Gasteiger partial charge in [0, 0.05) is 54.5 Å². The van der Waals surface area contributed by atoms with Crippen LogP contribution in [-0.2, 0) is 4.74 Å². The molecular weight excluding hydrogens is 347 g/mol. The third kappa shape index (κ3) is 4.84. The summed E-state index contributed by atoms with van der Waals surface area (Å²) in [5, 5.41) is 14.4. The lowest BCUT2D eigenvalue weighted by molar-refractivity contribution is 0.113. The molecule has 2 aliphatic heterocycles. The maximum atomic E-state index is 9.42. The summed E-state index contributed by atoms with van der Waals surface area (Å²) in [7, 11) is 0. The molecule has 0 spiro atoms.